The Hall–Kier alpha value is -3.02. The highest BCUT2D eigenvalue weighted by Gasteiger charge is 2.10. The minimum absolute atomic E-state index is 0.151. The minimum atomic E-state index is -0.393. The van der Waals surface area contributed by atoms with Crippen molar-refractivity contribution in [3.8, 4) is 17.2 Å². The summed E-state index contributed by atoms with van der Waals surface area (Å²) in [5.74, 6) is 0.125. The van der Waals surface area contributed by atoms with Crippen molar-refractivity contribution >= 4 is 12.1 Å². The number of phenols is 2. The first-order valence-electron chi connectivity index (χ1n) is 7.94. The van der Waals surface area contributed by atoms with Crippen molar-refractivity contribution in [2.45, 2.75) is 26.7 Å². The predicted molar refractivity (Wildman–Crippen MR) is 96.3 cm³/mol. The third-order valence-corrected chi connectivity index (χ3v) is 3.55. The SMILES string of the molecule is Cc1ccc(C(C)C)c(OCC(=O)NN=Cc2ccc(O)c(O)c2)c1. The van der Waals surface area contributed by atoms with Crippen molar-refractivity contribution in [1.29, 1.82) is 0 Å². The van der Waals surface area contributed by atoms with E-state index in [0.29, 0.717) is 17.2 Å². The summed E-state index contributed by atoms with van der Waals surface area (Å²) >= 11 is 0. The zero-order chi connectivity index (χ0) is 18.4. The van der Waals surface area contributed by atoms with Gasteiger partial charge in [0.25, 0.3) is 5.91 Å². The summed E-state index contributed by atoms with van der Waals surface area (Å²) in [7, 11) is 0. The summed E-state index contributed by atoms with van der Waals surface area (Å²) in [5.41, 5.74) is 5.00. The van der Waals surface area contributed by atoms with Gasteiger partial charge in [0.05, 0.1) is 6.21 Å². The molecule has 0 atom stereocenters. The van der Waals surface area contributed by atoms with E-state index >= 15 is 0 Å². The molecule has 0 fully saturated rings. The molecule has 0 radical (unpaired) electrons. The highest BCUT2D eigenvalue weighted by molar-refractivity contribution is 5.83. The average Bonchev–Trinajstić information content (AvgIpc) is 2.56. The molecular formula is C19H22N2O4. The number of hydrogen-bond donors (Lipinski definition) is 3. The Labute approximate surface area is 146 Å². The van der Waals surface area contributed by atoms with Crippen molar-refractivity contribution in [2.24, 2.45) is 5.10 Å². The fraction of sp³-hybridized carbons (Fsp3) is 0.263. The molecule has 0 unspecified atom stereocenters. The van der Waals surface area contributed by atoms with Gasteiger partial charge in [0.1, 0.15) is 5.75 Å². The van der Waals surface area contributed by atoms with Crippen LogP contribution < -0.4 is 10.2 Å². The highest BCUT2D eigenvalue weighted by atomic mass is 16.5. The fourth-order valence-electron chi connectivity index (χ4n) is 2.22. The summed E-state index contributed by atoms with van der Waals surface area (Å²) in [5, 5.41) is 22.4. The Balaban J connectivity index is 1.92. The molecular weight excluding hydrogens is 320 g/mol. The molecule has 0 aliphatic carbocycles. The molecule has 0 aliphatic rings. The number of ether oxygens (including phenoxy) is 1. The molecule has 0 aromatic heterocycles. The Morgan fingerprint density at radius 3 is 2.64 bits per heavy atom. The van der Waals surface area contributed by atoms with Crippen LogP contribution in [0.1, 0.15) is 36.5 Å². The third kappa shape index (κ3) is 5.24. The molecule has 1 amide bonds. The first-order valence-corrected chi connectivity index (χ1v) is 7.94. The minimum Gasteiger partial charge on any atom is -0.504 e. The van der Waals surface area contributed by atoms with E-state index in [1.54, 1.807) is 6.07 Å². The molecule has 0 bridgehead atoms. The van der Waals surface area contributed by atoms with Gasteiger partial charge >= 0.3 is 0 Å². The second kappa shape index (κ2) is 8.19. The second-order valence-electron chi connectivity index (χ2n) is 6.03. The van der Waals surface area contributed by atoms with Crippen LogP contribution >= 0.6 is 0 Å². The number of rotatable bonds is 6. The lowest BCUT2D eigenvalue weighted by Crippen LogP contribution is -2.25. The Kier molecular flexibility index (Phi) is 6.00. The maximum Gasteiger partial charge on any atom is 0.277 e. The van der Waals surface area contributed by atoms with Crippen LogP contribution in [0.3, 0.4) is 0 Å². The molecule has 0 spiro atoms. The van der Waals surface area contributed by atoms with E-state index in [0.717, 1.165) is 11.1 Å². The number of aryl methyl sites for hydroxylation is 1. The number of aromatic hydroxyl groups is 2. The maximum atomic E-state index is 11.9. The average molecular weight is 342 g/mol. The van der Waals surface area contributed by atoms with Crippen molar-refractivity contribution in [2.75, 3.05) is 6.61 Å². The molecule has 6 nitrogen and oxygen atoms in total. The van der Waals surface area contributed by atoms with Crippen LogP contribution in [-0.4, -0.2) is 28.9 Å². The van der Waals surface area contributed by atoms with Crippen LogP contribution in [0.15, 0.2) is 41.5 Å². The van der Waals surface area contributed by atoms with Crippen molar-refractivity contribution < 1.29 is 19.7 Å². The predicted octanol–water partition coefficient (Wildman–Crippen LogP) is 3.06. The van der Waals surface area contributed by atoms with Gasteiger partial charge in [-0.2, -0.15) is 5.10 Å². The Morgan fingerprint density at radius 1 is 1.20 bits per heavy atom. The monoisotopic (exact) mass is 342 g/mol. The summed E-state index contributed by atoms with van der Waals surface area (Å²) < 4.78 is 5.62. The maximum absolute atomic E-state index is 11.9. The number of hydrogen-bond acceptors (Lipinski definition) is 5. The molecule has 0 saturated heterocycles. The smallest absolute Gasteiger partial charge is 0.277 e. The van der Waals surface area contributed by atoms with Gasteiger partial charge in [0.15, 0.2) is 18.1 Å². The van der Waals surface area contributed by atoms with E-state index in [4.69, 9.17) is 4.74 Å². The fourth-order valence-corrected chi connectivity index (χ4v) is 2.22. The Morgan fingerprint density at radius 2 is 1.96 bits per heavy atom. The lowest BCUT2D eigenvalue weighted by molar-refractivity contribution is -0.123. The summed E-state index contributed by atoms with van der Waals surface area (Å²) in [6.07, 6.45) is 1.36. The van der Waals surface area contributed by atoms with Crippen LogP contribution in [0.2, 0.25) is 0 Å². The molecule has 25 heavy (non-hydrogen) atoms. The van der Waals surface area contributed by atoms with E-state index in [9.17, 15) is 15.0 Å². The van der Waals surface area contributed by atoms with Crippen LogP contribution in [0.4, 0.5) is 0 Å². The van der Waals surface area contributed by atoms with Gasteiger partial charge in [-0.25, -0.2) is 5.43 Å². The van der Waals surface area contributed by atoms with E-state index in [1.807, 2.05) is 25.1 Å². The molecule has 0 aliphatic heterocycles. The van der Waals surface area contributed by atoms with Crippen LogP contribution in [0.25, 0.3) is 0 Å². The van der Waals surface area contributed by atoms with Gasteiger partial charge in [0, 0.05) is 0 Å². The zero-order valence-corrected chi connectivity index (χ0v) is 14.5. The first kappa shape index (κ1) is 18.3. The van der Waals surface area contributed by atoms with Gasteiger partial charge < -0.3 is 14.9 Å². The highest BCUT2D eigenvalue weighted by Crippen LogP contribution is 2.27. The molecule has 0 saturated carbocycles. The topological polar surface area (TPSA) is 91.2 Å². The summed E-state index contributed by atoms with van der Waals surface area (Å²) in [4.78, 5) is 11.9. The molecule has 2 aromatic carbocycles. The van der Waals surface area contributed by atoms with Crippen LogP contribution in [0.5, 0.6) is 17.2 Å². The standard InChI is InChI=1S/C19H22N2O4/c1-12(2)15-6-4-13(3)8-18(15)25-11-19(24)21-20-10-14-5-7-16(22)17(23)9-14/h4-10,12,22-23H,11H2,1-3H3,(H,21,24). The quantitative estimate of drug-likeness (QED) is 0.427. The van der Waals surface area contributed by atoms with E-state index in [1.165, 1.54) is 18.3 Å². The van der Waals surface area contributed by atoms with Gasteiger partial charge in [-0.15, -0.1) is 0 Å². The largest absolute Gasteiger partial charge is 0.504 e. The van der Waals surface area contributed by atoms with Crippen molar-refractivity contribution in [3.63, 3.8) is 0 Å². The second-order valence-corrected chi connectivity index (χ2v) is 6.03. The Bertz CT molecular complexity index is 785. The van der Waals surface area contributed by atoms with Crippen molar-refractivity contribution in [1.82, 2.24) is 5.43 Å². The summed E-state index contributed by atoms with van der Waals surface area (Å²) in [6.45, 7) is 5.94. The number of carbonyl (C=O) groups is 1. The van der Waals surface area contributed by atoms with E-state index in [-0.39, 0.29) is 18.1 Å². The number of nitrogens with one attached hydrogen (secondary N) is 1. The number of phenolic OH excluding ortho intramolecular Hbond substituents is 2. The molecule has 2 rings (SSSR count). The first-order chi connectivity index (χ1) is 11.9. The lowest BCUT2D eigenvalue weighted by atomic mass is 10.0. The third-order valence-electron chi connectivity index (χ3n) is 3.55. The number of hydrazone groups is 1. The number of carbonyl (C=O) groups excluding carboxylic acids is 1. The van der Waals surface area contributed by atoms with Crippen molar-refractivity contribution in [3.05, 3.63) is 53.1 Å². The summed E-state index contributed by atoms with van der Waals surface area (Å²) in [6, 6.07) is 10.2. The molecule has 2 aromatic rings. The van der Waals surface area contributed by atoms with Gasteiger partial charge in [-0.1, -0.05) is 26.0 Å². The molecule has 3 N–H and O–H groups in total. The number of benzene rings is 2. The normalized spacial score (nSPS) is 11.0. The zero-order valence-electron chi connectivity index (χ0n) is 14.5. The van der Waals surface area contributed by atoms with E-state index < -0.39 is 5.91 Å². The molecule has 0 heterocycles. The van der Waals surface area contributed by atoms with Gasteiger partial charge in [-0.05, 0) is 53.8 Å². The molecule has 6 heteroatoms. The van der Waals surface area contributed by atoms with Gasteiger partial charge in [-0.3, -0.25) is 4.79 Å². The van der Waals surface area contributed by atoms with Crippen LogP contribution in [-0.2, 0) is 4.79 Å². The van der Waals surface area contributed by atoms with Gasteiger partial charge in [0.2, 0.25) is 0 Å². The molecule has 132 valence electrons. The number of nitrogens with zero attached hydrogens (tertiary/aromatic N) is 1. The van der Waals surface area contributed by atoms with E-state index in [2.05, 4.69) is 24.4 Å². The number of amides is 1. The van der Waals surface area contributed by atoms with Crippen LogP contribution in [0, 0.1) is 6.92 Å². The lowest BCUT2D eigenvalue weighted by Gasteiger charge is -2.14.